The van der Waals surface area contributed by atoms with Gasteiger partial charge >= 0.3 is 0 Å². The van der Waals surface area contributed by atoms with E-state index in [1.807, 2.05) is 54.6 Å². The fourth-order valence-electron chi connectivity index (χ4n) is 1.88. The molecule has 0 bridgehead atoms. The molecule has 0 spiro atoms. The summed E-state index contributed by atoms with van der Waals surface area (Å²) in [5, 5.41) is 0. The Labute approximate surface area is 110 Å². The minimum absolute atomic E-state index is 0.499. The maximum absolute atomic E-state index is 12.1. The number of rotatable bonds is 5. The van der Waals surface area contributed by atoms with E-state index in [0.717, 1.165) is 16.7 Å². The van der Waals surface area contributed by atoms with Gasteiger partial charge in [-0.25, -0.2) is 0 Å². The van der Waals surface area contributed by atoms with Gasteiger partial charge in [-0.15, -0.1) is 0 Å². The molecule has 1 unspecified atom stereocenters. The third-order valence-electron chi connectivity index (χ3n) is 2.83. The third kappa shape index (κ3) is 3.52. The Morgan fingerprint density at radius 3 is 2.11 bits per heavy atom. The van der Waals surface area contributed by atoms with Gasteiger partial charge in [-0.1, -0.05) is 54.6 Å². The molecule has 0 aliphatic heterocycles. The second-order valence-electron chi connectivity index (χ2n) is 4.19. The fourth-order valence-corrected chi connectivity index (χ4v) is 3.18. The lowest BCUT2D eigenvalue weighted by molar-refractivity contribution is 0.682. The Bertz CT molecular complexity index is 525. The molecular weight excluding hydrogens is 242 g/mol. The highest BCUT2D eigenvalue weighted by Gasteiger charge is 2.06. The lowest BCUT2D eigenvalue weighted by Gasteiger charge is -2.07. The summed E-state index contributed by atoms with van der Waals surface area (Å²) in [6.07, 6.45) is 0. The van der Waals surface area contributed by atoms with Crippen LogP contribution in [-0.2, 0) is 28.9 Å². The number of nitrogens with two attached hydrogens (primary N) is 1. The first-order valence-corrected chi connectivity index (χ1v) is 7.44. The van der Waals surface area contributed by atoms with E-state index in [9.17, 15) is 4.21 Å². The second kappa shape index (κ2) is 6.47. The Morgan fingerprint density at radius 1 is 0.833 bits per heavy atom. The Kier molecular flexibility index (Phi) is 4.67. The molecule has 0 saturated heterocycles. The molecule has 0 fully saturated rings. The first kappa shape index (κ1) is 13.0. The second-order valence-corrected chi connectivity index (χ2v) is 5.64. The summed E-state index contributed by atoms with van der Waals surface area (Å²) in [7, 11) is -0.889. The van der Waals surface area contributed by atoms with Crippen LogP contribution in [0.4, 0.5) is 0 Å². The summed E-state index contributed by atoms with van der Waals surface area (Å²) in [5.74, 6) is 1.17. The normalized spacial score (nSPS) is 12.3. The van der Waals surface area contributed by atoms with Crippen LogP contribution in [0, 0.1) is 0 Å². The van der Waals surface area contributed by atoms with Crippen LogP contribution in [-0.4, -0.2) is 4.21 Å². The van der Waals surface area contributed by atoms with Crippen LogP contribution in [0.2, 0.25) is 0 Å². The zero-order valence-corrected chi connectivity index (χ0v) is 11.0. The predicted octanol–water partition coefficient (Wildman–Crippen LogP) is 2.59. The van der Waals surface area contributed by atoms with Gasteiger partial charge < -0.3 is 5.73 Å². The summed E-state index contributed by atoms with van der Waals surface area (Å²) in [6.45, 7) is 0.499. The SMILES string of the molecule is NCc1ccccc1CS(=O)Cc1ccccc1. The van der Waals surface area contributed by atoms with Gasteiger partial charge in [0.2, 0.25) is 0 Å². The Balaban J connectivity index is 2.03. The largest absolute Gasteiger partial charge is 0.326 e. The molecule has 0 amide bonds. The van der Waals surface area contributed by atoms with Crippen molar-refractivity contribution in [3.05, 3.63) is 71.3 Å². The lowest BCUT2D eigenvalue weighted by atomic mass is 10.1. The molecule has 3 heteroatoms. The Hall–Kier alpha value is -1.45. The first-order valence-electron chi connectivity index (χ1n) is 5.95. The molecular formula is C15H17NOS. The monoisotopic (exact) mass is 259 g/mol. The van der Waals surface area contributed by atoms with Gasteiger partial charge in [-0.05, 0) is 16.7 Å². The highest BCUT2D eigenvalue weighted by molar-refractivity contribution is 7.83. The van der Waals surface area contributed by atoms with Crippen LogP contribution < -0.4 is 5.73 Å². The molecule has 0 heterocycles. The van der Waals surface area contributed by atoms with E-state index in [0.29, 0.717) is 18.1 Å². The van der Waals surface area contributed by atoms with Gasteiger partial charge in [-0.3, -0.25) is 4.21 Å². The van der Waals surface area contributed by atoms with Crippen LogP contribution in [0.1, 0.15) is 16.7 Å². The van der Waals surface area contributed by atoms with Crippen LogP contribution in [0.5, 0.6) is 0 Å². The van der Waals surface area contributed by atoms with E-state index in [-0.39, 0.29) is 0 Å². The summed E-state index contributed by atoms with van der Waals surface area (Å²) in [5.41, 5.74) is 8.97. The number of hydrogen-bond donors (Lipinski definition) is 1. The molecule has 2 nitrogen and oxygen atoms in total. The summed E-state index contributed by atoms with van der Waals surface area (Å²) >= 11 is 0. The fraction of sp³-hybridized carbons (Fsp3) is 0.200. The van der Waals surface area contributed by atoms with Gasteiger partial charge in [-0.2, -0.15) is 0 Å². The molecule has 0 radical (unpaired) electrons. The van der Waals surface area contributed by atoms with Crippen molar-refractivity contribution >= 4 is 10.8 Å². The molecule has 0 aliphatic rings. The van der Waals surface area contributed by atoms with E-state index in [4.69, 9.17) is 5.73 Å². The molecule has 2 rings (SSSR count). The first-order chi connectivity index (χ1) is 8.79. The molecule has 0 saturated carbocycles. The van der Waals surface area contributed by atoms with Crippen molar-refractivity contribution in [2.45, 2.75) is 18.1 Å². The van der Waals surface area contributed by atoms with Gasteiger partial charge in [0, 0.05) is 28.9 Å². The average molecular weight is 259 g/mol. The van der Waals surface area contributed by atoms with Crippen molar-refractivity contribution in [1.29, 1.82) is 0 Å². The van der Waals surface area contributed by atoms with Crippen LogP contribution in [0.25, 0.3) is 0 Å². The van der Waals surface area contributed by atoms with E-state index in [2.05, 4.69) is 0 Å². The van der Waals surface area contributed by atoms with Gasteiger partial charge in [0.1, 0.15) is 0 Å². The predicted molar refractivity (Wildman–Crippen MR) is 76.3 cm³/mol. The molecule has 18 heavy (non-hydrogen) atoms. The smallest absolute Gasteiger partial charge is 0.0492 e. The van der Waals surface area contributed by atoms with E-state index >= 15 is 0 Å². The lowest BCUT2D eigenvalue weighted by Crippen LogP contribution is -2.05. The molecule has 0 aliphatic carbocycles. The zero-order chi connectivity index (χ0) is 12.8. The standard InChI is InChI=1S/C15H17NOS/c16-10-14-8-4-5-9-15(14)12-18(17)11-13-6-2-1-3-7-13/h1-9H,10-12,16H2. The van der Waals surface area contributed by atoms with Crippen LogP contribution >= 0.6 is 0 Å². The summed E-state index contributed by atoms with van der Waals surface area (Å²) < 4.78 is 12.1. The molecule has 1 atom stereocenters. The molecule has 2 aromatic rings. The van der Waals surface area contributed by atoms with Crippen molar-refractivity contribution in [3.63, 3.8) is 0 Å². The maximum Gasteiger partial charge on any atom is 0.0492 e. The molecule has 2 N–H and O–H groups in total. The van der Waals surface area contributed by atoms with Gasteiger partial charge in [0.05, 0.1) is 0 Å². The van der Waals surface area contributed by atoms with E-state index < -0.39 is 10.8 Å². The van der Waals surface area contributed by atoms with Crippen molar-refractivity contribution in [3.8, 4) is 0 Å². The van der Waals surface area contributed by atoms with Crippen LogP contribution in [0.15, 0.2) is 54.6 Å². The van der Waals surface area contributed by atoms with Gasteiger partial charge in [0.15, 0.2) is 0 Å². The van der Waals surface area contributed by atoms with Crippen molar-refractivity contribution in [1.82, 2.24) is 0 Å². The van der Waals surface area contributed by atoms with Crippen molar-refractivity contribution in [2.24, 2.45) is 5.73 Å². The zero-order valence-electron chi connectivity index (χ0n) is 10.2. The number of benzene rings is 2. The van der Waals surface area contributed by atoms with E-state index in [1.54, 1.807) is 0 Å². The Morgan fingerprint density at radius 2 is 1.44 bits per heavy atom. The van der Waals surface area contributed by atoms with E-state index in [1.165, 1.54) is 0 Å². The highest BCUT2D eigenvalue weighted by Crippen LogP contribution is 2.13. The topological polar surface area (TPSA) is 43.1 Å². The minimum Gasteiger partial charge on any atom is -0.326 e. The molecule has 0 aromatic heterocycles. The summed E-state index contributed by atoms with van der Waals surface area (Å²) in [4.78, 5) is 0. The average Bonchev–Trinajstić information content (AvgIpc) is 2.40. The maximum atomic E-state index is 12.1. The van der Waals surface area contributed by atoms with Crippen molar-refractivity contribution in [2.75, 3.05) is 0 Å². The summed E-state index contributed by atoms with van der Waals surface area (Å²) in [6, 6.07) is 17.9. The van der Waals surface area contributed by atoms with Crippen molar-refractivity contribution < 1.29 is 4.21 Å². The molecule has 2 aromatic carbocycles. The van der Waals surface area contributed by atoms with Crippen LogP contribution in [0.3, 0.4) is 0 Å². The number of hydrogen-bond acceptors (Lipinski definition) is 2. The third-order valence-corrected chi connectivity index (χ3v) is 4.11. The minimum atomic E-state index is -0.889. The molecule has 94 valence electrons. The van der Waals surface area contributed by atoms with Gasteiger partial charge in [0.25, 0.3) is 0 Å². The quantitative estimate of drug-likeness (QED) is 0.897. The highest BCUT2D eigenvalue weighted by atomic mass is 32.2.